The molecule has 1 fully saturated rings. The summed E-state index contributed by atoms with van der Waals surface area (Å²) in [6.45, 7) is 5.53. The third-order valence-corrected chi connectivity index (χ3v) is 6.66. The van der Waals surface area contributed by atoms with Gasteiger partial charge in [0.05, 0.1) is 16.9 Å². The average Bonchev–Trinajstić information content (AvgIpc) is 2.96. The summed E-state index contributed by atoms with van der Waals surface area (Å²) in [6.07, 6.45) is 2.80. The molecule has 0 radical (unpaired) electrons. The summed E-state index contributed by atoms with van der Waals surface area (Å²) < 4.78 is 42.8. The molecule has 0 spiro atoms. The van der Waals surface area contributed by atoms with Gasteiger partial charge < -0.3 is 15.5 Å². The van der Waals surface area contributed by atoms with Gasteiger partial charge in [0.15, 0.2) is 11.6 Å². The van der Waals surface area contributed by atoms with E-state index in [0.29, 0.717) is 43.9 Å². The fourth-order valence-corrected chi connectivity index (χ4v) is 4.64. The van der Waals surface area contributed by atoms with E-state index in [1.807, 2.05) is 41.3 Å². The van der Waals surface area contributed by atoms with Crippen molar-refractivity contribution < 1.29 is 18.0 Å². The number of hydrogen-bond acceptors (Lipinski definition) is 6. The molecule has 1 aromatic heterocycles. The molecule has 39 heavy (non-hydrogen) atoms. The molecule has 2 N–H and O–H groups in total. The van der Waals surface area contributed by atoms with Crippen LogP contribution in [0.2, 0.25) is 0 Å². The molecule has 1 saturated heterocycles. The Morgan fingerprint density at radius 2 is 1.82 bits per heavy atom. The van der Waals surface area contributed by atoms with Crippen molar-refractivity contribution in [2.75, 3.05) is 54.9 Å². The Hall–Kier alpha value is -4.44. The maximum absolute atomic E-state index is 15.1. The van der Waals surface area contributed by atoms with E-state index >= 15 is 8.78 Å². The molecule has 0 atom stereocenters. The normalized spacial score (nSPS) is 13.9. The summed E-state index contributed by atoms with van der Waals surface area (Å²) in [4.78, 5) is 24.3. The topological polar surface area (TPSA) is 73.4 Å². The quantitative estimate of drug-likeness (QED) is 0.291. The number of amides is 1. The molecule has 0 aliphatic carbocycles. The molecule has 3 aromatic carbocycles. The number of benzene rings is 3. The molecule has 5 rings (SSSR count). The van der Waals surface area contributed by atoms with Crippen LogP contribution in [0, 0.1) is 11.6 Å². The number of aromatic nitrogens is 2. The minimum absolute atomic E-state index is 0.0849. The number of rotatable bonds is 8. The molecule has 10 heteroatoms. The van der Waals surface area contributed by atoms with Crippen LogP contribution < -0.4 is 15.5 Å². The molecule has 0 bridgehead atoms. The number of hydrogen-bond donors (Lipinski definition) is 2. The maximum atomic E-state index is 15.1. The summed E-state index contributed by atoms with van der Waals surface area (Å²) in [5, 5.41) is 6.31. The van der Waals surface area contributed by atoms with E-state index in [4.69, 9.17) is 0 Å². The highest BCUT2D eigenvalue weighted by Crippen LogP contribution is 2.32. The van der Waals surface area contributed by atoms with Crippen molar-refractivity contribution in [2.24, 2.45) is 0 Å². The number of piperazine rings is 1. The number of nitrogens with zero attached hydrogens (tertiary/aromatic N) is 4. The van der Waals surface area contributed by atoms with E-state index in [9.17, 15) is 9.18 Å². The molecule has 0 saturated carbocycles. The van der Waals surface area contributed by atoms with E-state index in [1.54, 1.807) is 17.2 Å². The van der Waals surface area contributed by atoms with Gasteiger partial charge in [0.1, 0.15) is 6.67 Å². The lowest BCUT2D eigenvalue weighted by molar-refractivity contribution is -0.111. The van der Waals surface area contributed by atoms with Crippen molar-refractivity contribution in [3.05, 3.63) is 85.1 Å². The predicted octanol–water partition coefficient (Wildman–Crippen LogP) is 5.53. The fraction of sp³-hybridized carbons (Fsp3) is 0.207. The summed E-state index contributed by atoms with van der Waals surface area (Å²) in [5.74, 6) is -2.20. The van der Waals surface area contributed by atoms with Gasteiger partial charge in [-0.15, -0.1) is 0 Å². The van der Waals surface area contributed by atoms with Gasteiger partial charge in [-0.25, -0.2) is 23.1 Å². The molecule has 4 aromatic rings. The van der Waals surface area contributed by atoms with Crippen molar-refractivity contribution in [3.63, 3.8) is 0 Å². The molecule has 200 valence electrons. The standard InChI is InChI=1S/C29H27F3N6O/c1-2-25(39)34-21-7-3-5-19(17-21)22-8-4-6-20-18-33-29(36-28(20)22)35-23-9-10-24(27(32)26(23)31)38-15-13-37(12-11-30)14-16-38/h2-10,17-18H,1,11-16H2,(H,34,39)(H,33,35,36). The Morgan fingerprint density at radius 3 is 2.59 bits per heavy atom. The van der Waals surface area contributed by atoms with Crippen LogP contribution in [0.5, 0.6) is 0 Å². The molecule has 0 unspecified atom stereocenters. The van der Waals surface area contributed by atoms with Crippen LogP contribution in [-0.2, 0) is 4.79 Å². The number of alkyl halides is 1. The number of halogens is 3. The van der Waals surface area contributed by atoms with Crippen molar-refractivity contribution >= 4 is 39.8 Å². The number of carbonyl (C=O) groups is 1. The summed E-state index contributed by atoms with van der Waals surface area (Å²) in [6, 6.07) is 15.9. The Bertz CT molecular complexity index is 1520. The molecule has 1 aliphatic rings. The van der Waals surface area contributed by atoms with Crippen molar-refractivity contribution in [1.29, 1.82) is 0 Å². The van der Waals surface area contributed by atoms with E-state index in [1.165, 1.54) is 18.2 Å². The van der Waals surface area contributed by atoms with Gasteiger partial charge in [0.2, 0.25) is 11.9 Å². The fourth-order valence-electron chi connectivity index (χ4n) is 4.64. The molecule has 7 nitrogen and oxygen atoms in total. The van der Waals surface area contributed by atoms with Crippen LogP contribution in [0.25, 0.3) is 22.0 Å². The zero-order chi connectivity index (χ0) is 27.4. The monoisotopic (exact) mass is 532 g/mol. The first-order chi connectivity index (χ1) is 19.0. The minimum Gasteiger partial charge on any atom is -0.367 e. The lowest BCUT2D eigenvalue weighted by Crippen LogP contribution is -2.47. The van der Waals surface area contributed by atoms with Crippen LogP contribution in [0.1, 0.15) is 0 Å². The number of anilines is 4. The summed E-state index contributed by atoms with van der Waals surface area (Å²) in [7, 11) is 0. The summed E-state index contributed by atoms with van der Waals surface area (Å²) in [5.41, 5.74) is 2.87. The first-order valence-corrected chi connectivity index (χ1v) is 12.5. The highest BCUT2D eigenvalue weighted by molar-refractivity contribution is 6.00. The largest absolute Gasteiger partial charge is 0.367 e. The number of nitrogens with one attached hydrogen (secondary N) is 2. The second-order valence-corrected chi connectivity index (χ2v) is 9.11. The van der Waals surface area contributed by atoms with Crippen molar-refractivity contribution in [1.82, 2.24) is 14.9 Å². The van der Waals surface area contributed by atoms with Crippen LogP contribution in [0.3, 0.4) is 0 Å². The van der Waals surface area contributed by atoms with Gasteiger partial charge in [-0.3, -0.25) is 9.69 Å². The Labute approximate surface area is 224 Å². The van der Waals surface area contributed by atoms with Crippen LogP contribution in [0.4, 0.5) is 36.2 Å². The first-order valence-electron chi connectivity index (χ1n) is 12.5. The number of para-hydroxylation sites is 1. The predicted molar refractivity (Wildman–Crippen MR) is 148 cm³/mol. The smallest absolute Gasteiger partial charge is 0.247 e. The molecule has 2 heterocycles. The zero-order valence-electron chi connectivity index (χ0n) is 21.1. The van der Waals surface area contributed by atoms with Crippen molar-refractivity contribution in [2.45, 2.75) is 0 Å². The van der Waals surface area contributed by atoms with Gasteiger partial charge in [-0.05, 0) is 35.9 Å². The Morgan fingerprint density at radius 1 is 1.03 bits per heavy atom. The number of carbonyl (C=O) groups excluding carboxylic acids is 1. The van der Waals surface area contributed by atoms with Crippen LogP contribution >= 0.6 is 0 Å². The Kier molecular flexibility index (Phi) is 7.74. The van der Waals surface area contributed by atoms with Gasteiger partial charge >= 0.3 is 0 Å². The van der Waals surface area contributed by atoms with Gasteiger partial charge in [-0.1, -0.05) is 36.9 Å². The third-order valence-electron chi connectivity index (χ3n) is 6.66. The van der Waals surface area contributed by atoms with Crippen LogP contribution in [0.15, 0.2) is 73.4 Å². The lowest BCUT2D eigenvalue weighted by atomic mass is 10.0. The van der Waals surface area contributed by atoms with Crippen molar-refractivity contribution in [3.8, 4) is 11.1 Å². The van der Waals surface area contributed by atoms with E-state index < -0.39 is 18.3 Å². The van der Waals surface area contributed by atoms with Gasteiger partial charge in [0, 0.05) is 55.6 Å². The third kappa shape index (κ3) is 5.70. The minimum atomic E-state index is -1.03. The molecular weight excluding hydrogens is 505 g/mol. The lowest BCUT2D eigenvalue weighted by Gasteiger charge is -2.35. The average molecular weight is 533 g/mol. The van der Waals surface area contributed by atoms with Crippen LogP contribution in [-0.4, -0.2) is 60.2 Å². The van der Waals surface area contributed by atoms with Gasteiger partial charge in [-0.2, -0.15) is 0 Å². The Balaban J connectivity index is 1.40. The first kappa shape index (κ1) is 26.2. The van der Waals surface area contributed by atoms with Gasteiger partial charge in [0.25, 0.3) is 0 Å². The highest BCUT2D eigenvalue weighted by Gasteiger charge is 2.23. The second kappa shape index (κ2) is 11.5. The maximum Gasteiger partial charge on any atom is 0.247 e. The summed E-state index contributed by atoms with van der Waals surface area (Å²) >= 11 is 0. The number of fused-ring (bicyclic) bond motifs is 1. The highest BCUT2D eigenvalue weighted by atomic mass is 19.2. The molecule has 1 amide bonds. The van der Waals surface area contributed by atoms with E-state index in [0.717, 1.165) is 16.5 Å². The van der Waals surface area contributed by atoms with E-state index in [2.05, 4.69) is 27.2 Å². The molecular formula is C29H27F3N6O. The van der Waals surface area contributed by atoms with E-state index in [-0.39, 0.29) is 23.2 Å². The zero-order valence-corrected chi connectivity index (χ0v) is 21.1. The SMILES string of the molecule is C=CC(=O)Nc1cccc(-c2cccc3cnc(Nc4ccc(N5CCN(CCF)CC5)c(F)c4F)nc23)c1. The second-order valence-electron chi connectivity index (χ2n) is 9.11. The molecule has 1 aliphatic heterocycles.